The SMILES string of the molecule is Cc1ccc(-c2nc(N)sc2CC(=O)OCC(=O)NC2CCCC(C)C2C)cc1. The summed E-state index contributed by atoms with van der Waals surface area (Å²) in [5.74, 6) is 0.323. The van der Waals surface area contributed by atoms with E-state index in [1.807, 2.05) is 31.2 Å². The van der Waals surface area contributed by atoms with Crippen LogP contribution in [-0.4, -0.2) is 29.5 Å². The van der Waals surface area contributed by atoms with Crippen molar-refractivity contribution in [2.75, 3.05) is 12.3 Å². The molecule has 6 nitrogen and oxygen atoms in total. The quantitative estimate of drug-likeness (QED) is 0.701. The molecular formula is C22H29N3O3S. The lowest BCUT2D eigenvalue weighted by atomic mass is 9.78. The Bertz CT molecular complexity index is 863. The Morgan fingerprint density at radius 2 is 1.97 bits per heavy atom. The summed E-state index contributed by atoms with van der Waals surface area (Å²) < 4.78 is 5.22. The van der Waals surface area contributed by atoms with Gasteiger partial charge in [0, 0.05) is 16.5 Å². The van der Waals surface area contributed by atoms with E-state index in [1.165, 1.54) is 17.8 Å². The lowest BCUT2D eigenvalue weighted by Gasteiger charge is -2.34. The number of carbonyl (C=O) groups excluding carboxylic acids is 2. The Kier molecular flexibility index (Phi) is 6.90. The number of ether oxygens (including phenoxy) is 1. The van der Waals surface area contributed by atoms with Gasteiger partial charge in [-0.1, -0.05) is 56.5 Å². The molecule has 1 aliphatic rings. The number of aromatic nitrogens is 1. The third-order valence-corrected chi connectivity index (χ3v) is 6.65. The van der Waals surface area contributed by atoms with Crippen molar-refractivity contribution in [2.24, 2.45) is 11.8 Å². The zero-order valence-electron chi connectivity index (χ0n) is 17.2. The molecule has 0 saturated heterocycles. The molecule has 3 N–H and O–H groups in total. The van der Waals surface area contributed by atoms with Crippen LogP contribution in [0.2, 0.25) is 0 Å². The molecule has 29 heavy (non-hydrogen) atoms. The molecule has 1 fully saturated rings. The number of nitrogen functional groups attached to an aromatic ring is 1. The molecule has 3 atom stereocenters. The predicted molar refractivity (Wildman–Crippen MR) is 115 cm³/mol. The van der Waals surface area contributed by atoms with Crippen LogP contribution in [-0.2, 0) is 20.7 Å². The van der Waals surface area contributed by atoms with Crippen LogP contribution in [0, 0.1) is 18.8 Å². The molecule has 1 heterocycles. The molecule has 1 amide bonds. The number of rotatable bonds is 6. The Labute approximate surface area is 175 Å². The molecule has 1 saturated carbocycles. The first kappa shape index (κ1) is 21.3. The molecule has 2 aromatic rings. The monoisotopic (exact) mass is 415 g/mol. The van der Waals surface area contributed by atoms with E-state index in [4.69, 9.17) is 10.5 Å². The molecule has 3 rings (SSSR count). The fraction of sp³-hybridized carbons (Fsp3) is 0.500. The standard InChI is InChI=1S/C22H29N3O3S/c1-13-7-9-16(10-8-13)21-18(29-22(23)25-21)11-20(27)28-12-19(26)24-17-6-4-5-14(2)15(17)3/h7-10,14-15,17H,4-6,11-12H2,1-3H3,(H2,23,25)(H,24,26). The second-order valence-corrected chi connectivity index (χ2v) is 9.08. The highest BCUT2D eigenvalue weighted by Gasteiger charge is 2.28. The minimum absolute atomic E-state index is 0.0439. The summed E-state index contributed by atoms with van der Waals surface area (Å²) in [7, 11) is 0. The maximum absolute atomic E-state index is 12.3. The van der Waals surface area contributed by atoms with Gasteiger partial charge in [-0.05, 0) is 25.2 Å². The predicted octanol–water partition coefficient (Wildman–Crippen LogP) is 3.73. The molecule has 0 radical (unpaired) electrons. The van der Waals surface area contributed by atoms with Crippen LogP contribution < -0.4 is 11.1 Å². The van der Waals surface area contributed by atoms with Gasteiger partial charge in [0.25, 0.3) is 5.91 Å². The van der Waals surface area contributed by atoms with Crippen molar-refractivity contribution >= 4 is 28.3 Å². The van der Waals surface area contributed by atoms with Crippen LogP contribution in [0.25, 0.3) is 11.3 Å². The molecule has 1 aliphatic carbocycles. The lowest BCUT2D eigenvalue weighted by Crippen LogP contribution is -2.45. The summed E-state index contributed by atoms with van der Waals surface area (Å²) >= 11 is 1.27. The van der Waals surface area contributed by atoms with E-state index < -0.39 is 5.97 Å². The zero-order chi connectivity index (χ0) is 21.0. The van der Waals surface area contributed by atoms with Gasteiger partial charge in [0.1, 0.15) is 0 Å². The van der Waals surface area contributed by atoms with Gasteiger partial charge >= 0.3 is 5.97 Å². The van der Waals surface area contributed by atoms with Crippen molar-refractivity contribution in [3.8, 4) is 11.3 Å². The number of anilines is 1. The second kappa shape index (κ2) is 9.39. The van der Waals surface area contributed by atoms with Crippen LogP contribution in [0.15, 0.2) is 24.3 Å². The summed E-state index contributed by atoms with van der Waals surface area (Å²) in [6, 6.07) is 8.05. The fourth-order valence-electron chi connectivity index (χ4n) is 3.79. The van der Waals surface area contributed by atoms with Crippen LogP contribution >= 0.6 is 11.3 Å². The Balaban J connectivity index is 1.55. The Morgan fingerprint density at radius 1 is 1.24 bits per heavy atom. The first-order chi connectivity index (χ1) is 13.8. The minimum Gasteiger partial charge on any atom is -0.455 e. The summed E-state index contributed by atoms with van der Waals surface area (Å²) in [6.45, 7) is 6.14. The highest BCUT2D eigenvalue weighted by atomic mass is 32.1. The number of nitrogens with two attached hydrogens (primary N) is 1. The van der Waals surface area contributed by atoms with E-state index in [0.29, 0.717) is 22.7 Å². The second-order valence-electron chi connectivity index (χ2n) is 7.97. The van der Waals surface area contributed by atoms with Crippen LogP contribution in [0.5, 0.6) is 0 Å². The normalized spacial score (nSPS) is 21.6. The van der Waals surface area contributed by atoms with E-state index in [1.54, 1.807) is 0 Å². The van der Waals surface area contributed by atoms with Gasteiger partial charge in [0.15, 0.2) is 11.7 Å². The highest BCUT2D eigenvalue weighted by molar-refractivity contribution is 7.15. The number of hydrogen-bond donors (Lipinski definition) is 2. The van der Waals surface area contributed by atoms with Gasteiger partial charge in [-0.15, -0.1) is 11.3 Å². The Morgan fingerprint density at radius 3 is 2.69 bits per heavy atom. The van der Waals surface area contributed by atoms with Crippen LogP contribution in [0.3, 0.4) is 0 Å². The average Bonchev–Trinajstić information content (AvgIpc) is 3.04. The number of benzene rings is 1. The maximum atomic E-state index is 12.3. The number of hydrogen-bond acceptors (Lipinski definition) is 6. The van der Waals surface area contributed by atoms with E-state index in [2.05, 4.69) is 24.1 Å². The summed E-state index contributed by atoms with van der Waals surface area (Å²) in [4.78, 5) is 29.6. The number of nitrogens with zero attached hydrogens (tertiary/aromatic N) is 1. The van der Waals surface area contributed by atoms with Crippen molar-refractivity contribution in [2.45, 2.75) is 52.5 Å². The molecule has 1 aromatic heterocycles. The molecule has 0 spiro atoms. The molecule has 0 bridgehead atoms. The van der Waals surface area contributed by atoms with Crippen molar-refractivity contribution < 1.29 is 14.3 Å². The summed E-state index contributed by atoms with van der Waals surface area (Å²) in [5, 5.41) is 3.42. The van der Waals surface area contributed by atoms with Crippen molar-refractivity contribution in [3.05, 3.63) is 34.7 Å². The topological polar surface area (TPSA) is 94.3 Å². The first-order valence-corrected chi connectivity index (χ1v) is 10.9. The van der Waals surface area contributed by atoms with Gasteiger partial charge in [-0.3, -0.25) is 9.59 Å². The number of amides is 1. The summed E-state index contributed by atoms with van der Waals surface area (Å²) in [6.07, 6.45) is 3.34. The number of esters is 1. The fourth-order valence-corrected chi connectivity index (χ4v) is 4.63. The third kappa shape index (κ3) is 5.56. The molecule has 1 aromatic carbocycles. The van der Waals surface area contributed by atoms with E-state index in [-0.39, 0.29) is 25.0 Å². The number of aryl methyl sites for hydroxylation is 1. The smallest absolute Gasteiger partial charge is 0.311 e. The van der Waals surface area contributed by atoms with E-state index in [9.17, 15) is 9.59 Å². The average molecular weight is 416 g/mol. The van der Waals surface area contributed by atoms with E-state index >= 15 is 0 Å². The molecule has 0 aliphatic heterocycles. The maximum Gasteiger partial charge on any atom is 0.311 e. The van der Waals surface area contributed by atoms with E-state index in [0.717, 1.165) is 28.8 Å². The van der Waals surface area contributed by atoms with Gasteiger partial charge in [0.05, 0.1) is 12.1 Å². The molecule has 3 unspecified atom stereocenters. The number of nitrogens with one attached hydrogen (secondary N) is 1. The van der Waals surface area contributed by atoms with Gasteiger partial charge in [-0.2, -0.15) is 0 Å². The van der Waals surface area contributed by atoms with Crippen LogP contribution in [0.4, 0.5) is 5.13 Å². The Hall–Kier alpha value is -2.41. The first-order valence-electron chi connectivity index (χ1n) is 10.1. The minimum atomic E-state index is -0.456. The number of carbonyl (C=O) groups is 2. The van der Waals surface area contributed by atoms with Crippen molar-refractivity contribution in [3.63, 3.8) is 0 Å². The zero-order valence-corrected chi connectivity index (χ0v) is 18.1. The van der Waals surface area contributed by atoms with Gasteiger partial charge in [-0.25, -0.2) is 4.98 Å². The van der Waals surface area contributed by atoms with Gasteiger partial charge in [0.2, 0.25) is 0 Å². The highest BCUT2D eigenvalue weighted by Crippen LogP contribution is 2.31. The molecule has 7 heteroatoms. The molecule has 156 valence electrons. The lowest BCUT2D eigenvalue weighted by molar-refractivity contribution is -0.148. The van der Waals surface area contributed by atoms with Crippen molar-refractivity contribution in [1.82, 2.24) is 10.3 Å². The van der Waals surface area contributed by atoms with Crippen molar-refractivity contribution in [1.29, 1.82) is 0 Å². The third-order valence-electron chi connectivity index (χ3n) is 5.76. The summed E-state index contributed by atoms with van der Waals surface area (Å²) in [5.41, 5.74) is 8.61. The molecular weight excluding hydrogens is 386 g/mol. The largest absolute Gasteiger partial charge is 0.455 e. The van der Waals surface area contributed by atoms with Gasteiger partial charge < -0.3 is 15.8 Å². The van der Waals surface area contributed by atoms with Crippen LogP contribution in [0.1, 0.15) is 43.6 Å². The number of thiazole rings is 1.